The molecular weight excluding hydrogens is 248 g/mol. The van der Waals surface area contributed by atoms with Crippen molar-refractivity contribution in [2.75, 3.05) is 0 Å². The number of ketones is 1. The molecule has 0 atom stereocenters. The largest absolute Gasteiger partial charge is 0.478 e. The van der Waals surface area contributed by atoms with Crippen molar-refractivity contribution in [2.45, 2.75) is 6.42 Å². The van der Waals surface area contributed by atoms with Crippen molar-refractivity contribution in [3.63, 3.8) is 0 Å². The summed E-state index contributed by atoms with van der Waals surface area (Å²) in [5.74, 6) is -2.68. The Kier molecular flexibility index (Phi) is 3.29. The van der Waals surface area contributed by atoms with Gasteiger partial charge in [0.1, 0.15) is 0 Å². The van der Waals surface area contributed by atoms with Gasteiger partial charge in [-0.15, -0.1) is 0 Å². The van der Waals surface area contributed by atoms with Crippen LogP contribution in [0.25, 0.3) is 5.57 Å². The van der Waals surface area contributed by atoms with E-state index in [0.29, 0.717) is 11.1 Å². The Morgan fingerprint density at radius 2 is 1.79 bits per heavy atom. The minimum atomic E-state index is -1.31. The molecule has 96 valence electrons. The summed E-state index contributed by atoms with van der Waals surface area (Å²) in [7, 11) is 0. The van der Waals surface area contributed by atoms with Gasteiger partial charge in [-0.25, -0.2) is 9.59 Å². The van der Waals surface area contributed by atoms with Crippen LogP contribution in [0.4, 0.5) is 0 Å². The first-order chi connectivity index (χ1) is 9.00. The highest BCUT2D eigenvalue weighted by atomic mass is 16.4. The van der Waals surface area contributed by atoms with Gasteiger partial charge in [-0.2, -0.15) is 0 Å². The molecule has 0 spiro atoms. The summed E-state index contributed by atoms with van der Waals surface area (Å²) in [6, 6.07) is 4.26. The van der Waals surface area contributed by atoms with Crippen molar-refractivity contribution in [2.24, 2.45) is 0 Å². The summed E-state index contributed by atoms with van der Waals surface area (Å²) < 4.78 is 0. The fourth-order valence-electron chi connectivity index (χ4n) is 1.93. The van der Waals surface area contributed by atoms with Gasteiger partial charge in [0, 0.05) is 6.42 Å². The Morgan fingerprint density at radius 1 is 1.05 bits per heavy atom. The minimum Gasteiger partial charge on any atom is -0.478 e. The minimum absolute atomic E-state index is 0.0741. The molecule has 0 aromatic heterocycles. The standard InChI is InChI=1S/C14H10O5/c15-9-6-4-8(5-7-9)10-2-1-3-11(13(16)17)12(10)14(18)19/h1-6H,7H2,(H,16,17)(H,18,19). The Hall–Kier alpha value is -2.69. The van der Waals surface area contributed by atoms with E-state index in [4.69, 9.17) is 5.11 Å². The van der Waals surface area contributed by atoms with E-state index < -0.39 is 11.9 Å². The van der Waals surface area contributed by atoms with Crippen LogP contribution >= 0.6 is 0 Å². The molecule has 1 aliphatic carbocycles. The molecule has 0 heterocycles. The summed E-state index contributed by atoms with van der Waals surface area (Å²) >= 11 is 0. The Balaban J connectivity index is 2.61. The molecule has 1 aromatic carbocycles. The lowest BCUT2D eigenvalue weighted by Crippen LogP contribution is -2.11. The highest BCUT2D eigenvalue weighted by molar-refractivity contribution is 6.07. The first-order valence-corrected chi connectivity index (χ1v) is 5.51. The average molecular weight is 258 g/mol. The van der Waals surface area contributed by atoms with Crippen molar-refractivity contribution in [3.05, 3.63) is 53.1 Å². The van der Waals surface area contributed by atoms with Crippen LogP contribution in [0.3, 0.4) is 0 Å². The van der Waals surface area contributed by atoms with E-state index in [2.05, 4.69) is 0 Å². The maximum absolute atomic E-state index is 11.3. The van der Waals surface area contributed by atoms with Crippen molar-refractivity contribution < 1.29 is 24.6 Å². The number of aromatic carboxylic acids is 2. The number of benzene rings is 1. The molecule has 0 fully saturated rings. The number of carboxylic acids is 2. The normalized spacial score (nSPS) is 14.1. The molecule has 0 radical (unpaired) electrons. The van der Waals surface area contributed by atoms with Crippen molar-refractivity contribution >= 4 is 23.3 Å². The highest BCUT2D eigenvalue weighted by Gasteiger charge is 2.21. The second-order valence-electron chi connectivity index (χ2n) is 4.00. The Morgan fingerprint density at radius 3 is 2.32 bits per heavy atom. The van der Waals surface area contributed by atoms with E-state index in [1.807, 2.05) is 0 Å². The van der Waals surface area contributed by atoms with Gasteiger partial charge in [0.05, 0.1) is 11.1 Å². The number of hydrogen-bond acceptors (Lipinski definition) is 3. The van der Waals surface area contributed by atoms with Crippen LogP contribution in [0.2, 0.25) is 0 Å². The average Bonchev–Trinajstić information content (AvgIpc) is 2.38. The fraction of sp³-hybridized carbons (Fsp3) is 0.0714. The smallest absolute Gasteiger partial charge is 0.337 e. The zero-order valence-electron chi connectivity index (χ0n) is 9.79. The lowest BCUT2D eigenvalue weighted by Gasteiger charge is -2.12. The third kappa shape index (κ3) is 2.44. The zero-order valence-corrected chi connectivity index (χ0v) is 9.79. The summed E-state index contributed by atoms with van der Waals surface area (Å²) in [6.45, 7) is 0. The van der Waals surface area contributed by atoms with Crippen LogP contribution in [0.15, 0.2) is 36.4 Å². The molecule has 1 aromatic rings. The predicted molar refractivity (Wildman–Crippen MR) is 67.1 cm³/mol. The first-order valence-electron chi connectivity index (χ1n) is 5.51. The topological polar surface area (TPSA) is 91.7 Å². The lowest BCUT2D eigenvalue weighted by atomic mass is 9.92. The molecule has 0 saturated heterocycles. The molecule has 5 heteroatoms. The number of hydrogen-bond donors (Lipinski definition) is 2. The van der Waals surface area contributed by atoms with Gasteiger partial charge in [0.2, 0.25) is 0 Å². The Labute approximate surface area is 108 Å². The third-order valence-corrected chi connectivity index (χ3v) is 2.79. The van der Waals surface area contributed by atoms with Gasteiger partial charge < -0.3 is 10.2 Å². The van der Waals surface area contributed by atoms with Crippen molar-refractivity contribution in [1.29, 1.82) is 0 Å². The molecular formula is C14H10O5. The van der Waals surface area contributed by atoms with Gasteiger partial charge >= 0.3 is 11.9 Å². The monoisotopic (exact) mass is 258 g/mol. The van der Waals surface area contributed by atoms with Gasteiger partial charge in [0.25, 0.3) is 0 Å². The van der Waals surface area contributed by atoms with Crippen LogP contribution in [-0.2, 0) is 4.79 Å². The van der Waals surface area contributed by atoms with E-state index in [-0.39, 0.29) is 23.3 Å². The summed E-state index contributed by atoms with van der Waals surface area (Å²) in [6.07, 6.45) is 4.63. The third-order valence-electron chi connectivity index (χ3n) is 2.79. The van der Waals surface area contributed by atoms with E-state index in [1.54, 1.807) is 6.08 Å². The van der Waals surface area contributed by atoms with Crippen LogP contribution in [0.1, 0.15) is 32.7 Å². The number of carboxylic acid groups (broad SMARTS) is 2. The highest BCUT2D eigenvalue weighted by Crippen LogP contribution is 2.26. The van der Waals surface area contributed by atoms with E-state index in [9.17, 15) is 19.5 Å². The van der Waals surface area contributed by atoms with Crippen LogP contribution in [-0.4, -0.2) is 27.9 Å². The quantitative estimate of drug-likeness (QED) is 0.865. The van der Waals surface area contributed by atoms with Crippen LogP contribution in [0, 0.1) is 0 Å². The molecule has 0 saturated carbocycles. The molecule has 0 bridgehead atoms. The maximum Gasteiger partial charge on any atom is 0.337 e. The summed E-state index contributed by atoms with van der Waals surface area (Å²) in [5.41, 5.74) is 0.313. The van der Waals surface area contributed by atoms with E-state index >= 15 is 0 Å². The fourth-order valence-corrected chi connectivity index (χ4v) is 1.93. The maximum atomic E-state index is 11.3. The second kappa shape index (κ2) is 4.89. The second-order valence-corrected chi connectivity index (χ2v) is 4.00. The SMILES string of the molecule is O=C1C=CC(c2cccc(C(=O)O)c2C(=O)O)=CC1. The predicted octanol–water partition coefficient (Wildman–Crippen LogP) is 2.00. The zero-order chi connectivity index (χ0) is 14.0. The van der Waals surface area contributed by atoms with Crippen molar-refractivity contribution in [1.82, 2.24) is 0 Å². The number of rotatable bonds is 3. The summed E-state index contributed by atoms with van der Waals surface area (Å²) in [4.78, 5) is 33.4. The molecule has 19 heavy (non-hydrogen) atoms. The van der Waals surface area contributed by atoms with E-state index in [1.165, 1.54) is 30.4 Å². The molecule has 0 unspecified atom stereocenters. The molecule has 5 nitrogen and oxygen atoms in total. The number of allylic oxidation sites excluding steroid dienone is 4. The number of carbonyl (C=O) groups is 3. The molecule has 1 aliphatic rings. The summed E-state index contributed by atoms with van der Waals surface area (Å²) in [5, 5.41) is 18.2. The van der Waals surface area contributed by atoms with Crippen molar-refractivity contribution in [3.8, 4) is 0 Å². The lowest BCUT2D eigenvalue weighted by molar-refractivity contribution is -0.113. The Bertz CT molecular complexity index is 637. The molecule has 0 amide bonds. The van der Waals surface area contributed by atoms with E-state index in [0.717, 1.165) is 0 Å². The van der Waals surface area contributed by atoms with Gasteiger partial charge in [-0.05, 0) is 23.3 Å². The molecule has 2 rings (SSSR count). The van der Waals surface area contributed by atoms with Gasteiger partial charge in [-0.3, -0.25) is 4.79 Å². The van der Waals surface area contributed by atoms with Gasteiger partial charge in [0.15, 0.2) is 5.78 Å². The van der Waals surface area contributed by atoms with Crippen LogP contribution in [0.5, 0.6) is 0 Å². The number of carbonyl (C=O) groups excluding carboxylic acids is 1. The molecule has 2 N–H and O–H groups in total. The van der Waals surface area contributed by atoms with Crippen LogP contribution < -0.4 is 0 Å². The first kappa shape index (κ1) is 12.8. The van der Waals surface area contributed by atoms with Gasteiger partial charge in [-0.1, -0.05) is 24.3 Å². The molecule has 0 aliphatic heterocycles.